The van der Waals surface area contributed by atoms with E-state index in [1.165, 1.54) is 44.3 Å². The monoisotopic (exact) mass is 303 g/mol. The summed E-state index contributed by atoms with van der Waals surface area (Å²) in [6, 6.07) is 1.27. The molecule has 0 saturated heterocycles. The number of rotatable bonds is 4. The Morgan fingerprint density at radius 1 is 1.41 bits per heavy atom. The van der Waals surface area contributed by atoms with Crippen LogP contribution in [0.3, 0.4) is 0 Å². The predicted molar refractivity (Wildman–Crippen MR) is 86.9 cm³/mol. The Kier molecular flexibility index (Phi) is 3.77. The van der Waals surface area contributed by atoms with Crippen LogP contribution >= 0.6 is 0 Å². The number of aryl methyl sites for hydroxylation is 2. The molecule has 122 valence electrons. The normalized spacial score (nSPS) is 32.9. The second-order valence-corrected chi connectivity index (χ2v) is 7.53. The number of nitrogens with one attached hydrogen (secondary N) is 1. The molecule has 1 N–H and O–H groups in total. The fourth-order valence-corrected chi connectivity index (χ4v) is 5.13. The van der Waals surface area contributed by atoms with Crippen LogP contribution < -0.4 is 5.32 Å². The highest BCUT2D eigenvalue weighted by molar-refractivity contribution is 5.12. The van der Waals surface area contributed by atoms with Crippen molar-refractivity contribution in [2.24, 2.45) is 5.41 Å². The minimum Gasteiger partial charge on any atom is -0.378 e. The first kappa shape index (κ1) is 14.7. The summed E-state index contributed by atoms with van der Waals surface area (Å²) in [6.45, 7) is 6.18. The molecule has 0 bridgehead atoms. The van der Waals surface area contributed by atoms with Crippen molar-refractivity contribution >= 4 is 0 Å². The van der Waals surface area contributed by atoms with Gasteiger partial charge in [0, 0.05) is 43.3 Å². The molecule has 1 aromatic rings. The number of aromatic nitrogens is 2. The third-order valence-corrected chi connectivity index (χ3v) is 6.24. The van der Waals surface area contributed by atoms with E-state index in [4.69, 9.17) is 4.74 Å². The van der Waals surface area contributed by atoms with Crippen LogP contribution in [0.25, 0.3) is 0 Å². The van der Waals surface area contributed by atoms with Gasteiger partial charge in [-0.25, -0.2) is 4.98 Å². The van der Waals surface area contributed by atoms with E-state index >= 15 is 0 Å². The smallest absolute Gasteiger partial charge is 0.109 e. The van der Waals surface area contributed by atoms with Crippen molar-refractivity contribution in [1.29, 1.82) is 0 Å². The molecular formula is C18H29N3O. The molecule has 2 saturated carbocycles. The summed E-state index contributed by atoms with van der Waals surface area (Å²) >= 11 is 0. The Morgan fingerprint density at radius 2 is 2.23 bits per heavy atom. The molecule has 22 heavy (non-hydrogen) atoms. The van der Waals surface area contributed by atoms with Crippen LogP contribution in [0.2, 0.25) is 0 Å². The number of imidazole rings is 1. The fourth-order valence-electron chi connectivity index (χ4n) is 5.13. The SMILES string of the molecule is CCOC1CC(NC2CCc3nc(C)cn3C2)C12CCCC2. The Balaban J connectivity index is 1.42. The number of hydrogen-bond donors (Lipinski definition) is 1. The number of fused-ring (bicyclic) bond motifs is 1. The predicted octanol–water partition coefficient (Wildman–Crippen LogP) is 2.83. The Morgan fingerprint density at radius 3 is 3.00 bits per heavy atom. The quantitative estimate of drug-likeness (QED) is 0.929. The topological polar surface area (TPSA) is 39.1 Å². The van der Waals surface area contributed by atoms with Gasteiger partial charge in [-0.2, -0.15) is 0 Å². The largest absolute Gasteiger partial charge is 0.378 e. The van der Waals surface area contributed by atoms with Crippen molar-refractivity contribution in [2.75, 3.05) is 6.61 Å². The average molecular weight is 303 g/mol. The van der Waals surface area contributed by atoms with Gasteiger partial charge < -0.3 is 14.6 Å². The van der Waals surface area contributed by atoms with Crippen molar-refractivity contribution in [3.8, 4) is 0 Å². The maximum Gasteiger partial charge on any atom is 0.109 e. The first-order valence-corrected chi connectivity index (χ1v) is 9.11. The van der Waals surface area contributed by atoms with Gasteiger partial charge in [0.2, 0.25) is 0 Å². The summed E-state index contributed by atoms with van der Waals surface area (Å²) in [4.78, 5) is 4.62. The van der Waals surface area contributed by atoms with Crippen molar-refractivity contribution in [3.05, 3.63) is 17.7 Å². The van der Waals surface area contributed by atoms with Crippen LogP contribution in [0.5, 0.6) is 0 Å². The lowest BCUT2D eigenvalue weighted by molar-refractivity contribution is -0.133. The molecule has 1 spiro atoms. The fraction of sp³-hybridized carbons (Fsp3) is 0.833. The van der Waals surface area contributed by atoms with Gasteiger partial charge in [0.05, 0.1) is 11.8 Å². The van der Waals surface area contributed by atoms with Crippen LogP contribution in [0, 0.1) is 12.3 Å². The van der Waals surface area contributed by atoms with Crippen molar-refractivity contribution in [2.45, 2.75) is 83.5 Å². The standard InChI is InChI=1S/C18H29N3O/c1-3-22-16-10-15(18(16)8-4-5-9-18)20-14-6-7-17-19-13(2)11-21(17)12-14/h11,14-16,20H,3-10,12H2,1-2H3. The Labute approximate surface area is 133 Å². The molecule has 3 unspecified atom stereocenters. The van der Waals surface area contributed by atoms with E-state index in [1.54, 1.807) is 0 Å². The van der Waals surface area contributed by atoms with Gasteiger partial charge in [0.15, 0.2) is 0 Å². The van der Waals surface area contributed by atoms with Crippen LogP contribution in [0.1, 0.15) is 57.0 Å². The molecule has 4 heteroatoms. The summed E-state index contributed by atoms with van der Waals surface area (Å²) in [5.41, 5.74) is 1.60. The summed E-state index contributed by atoms with van der Waals surface area (Å²) in [5, 5.41) is 4.00. The van der Waals surface area contributed by atoms with Crippen LogP contribution in [0.15, 0.2) is 6.20 Å². The Bertz CT molecular complexity index is 532. The minimum atomic E-state index is 0.446. The lowest BCUT2D eigenvalue weighted by Crippen LogP contribution is -2.65. The molecule has 0 aromatic carbocycles. The molecule has 4 nitrogen and oxygen atoms in total. The zero-order valence-electron chi connectivity index (χ0n) is 14.0. The molecule has 1 aromatic heterocycles. The van der Waals surface area contributed by atoms with E-state index in [0.717, 1.165) is 25.3 Å². The van der Waals surface area contributed by atoms with E-state index in [1.807, 2.05) is 0 Å². The van der Waals surface area contributed by atoms with E-state index in [2.05, 4.69) is 34.9 Å². The number of nitrogens with zero attached hydrogens (tertiary/aromatic N) is 2. The van der Waals surface area contributed by atoms with Gasteiger partial charge in [0.25, 0.3) is 0 Å². The second-order valence-electron chi connectivity index (χ2n) is 7.53. The van der Waals surface area contributed by atoms with Crippen LogP contribution in [-0.2, 0) is 17.7 Å². The molecule has 2 fully saturated rings. The summed E-state index contributed by atoms with van der Waals surface area (Å²) in [7, 11) is 0. The second kappa shape index (κ2) is 5.64. The van der Waals surface area contributed by atoms with Gasteiger partial charge in [-0.1, -0.05) is 12.8 Å². The van der Waals surface area contributed by atoms with Crippen molar-refractivity contribution < 1.29 is 4.74 Å². The number of ether oxygens (including phenoxy) is 1. The number of hydrogen-bond acceptors (Lipinski definition) is 3. The van der Waals surface area contributed by atoms with Gasteiger partial charge in [-0.15, -0.1) is 0 Å². The first-order valence-electron chi connectivity index (χ1n) is 9.11. The maximum atomic E-state index is 6.04. The molecule has 2 aliphatic carbocycles. The summed E-state index contributed by atoms with van der Waals surface area (Å²) < 4.78 is 8.40. The van der Waals surface area contributed by atoms with Crippen LogP contribution in [-0.4, -0.2) is 34.3 Å². The summed E-state index contributed by atoms with van der Waals surface area (Å²) in [6.07, 6.45) is 11.7. The van der Waals surface area contributed by atoms with E-state index in [9.17, 15) is 0 Å². The highest BCUT2D eigenvalue weighted by atomic mass is 16.5. The van der Waals surface area contributed by atoms with E-state index < -0.39 is 0 Å². The molecular weight excluding hydrogens is 274 g/mol. The highest BCUT2D eigenvalue weighted by Gasteiger charge is 2.56. The maximum absolute atomic E-state index is 6.04. The molecule has 0 radical (unpaired) electrons. The lowest BCUT2D eigenvalue weighted by Gasteiger charge is -2.55. The zero-order valence-corrected chi connectivity index (χ0v) is 14.0. The third kappa shape index (κ3) is 2.31. The average Bonchev–Trinajstić information content (AvgIpc) is 3.12. The van der Waals surface area contributed by atoms with Gasteiger partial charge in [-0.05, 0) is 39.5 Å². The Hall–Kier alpha value is -0.870. The molecule has 3 aliphatic rings. The third-order valence-electron chi connectivity index (χ3n) is 6.24. The lowest BCUT2D eigenvalue weighted by atomic mass is 9.60. The van der Waals surface area contributed by atoms with Gasteiger partial charge in [-0.3, -0.25) is 0 Å². The van der Waals surface area contributed by atoms with Crippen LogP contribution in [0.4, 0.5) is 0 Å². The van der Waals surface area contributed by atoms with Crippen molar-refractivity contribution in [1.82, 2.24) is 14.9 Å². The van der Waals surface area contributed by atoms with E-state index in [-0.39, 0.29) is 0 Å². The van der Waals surface area contributed by atoms with Gasteiger partial charge >= 0.3 is 0 Å². The zero-order chi connectivity index (χ0) is 15.2. The molecule has 4 rings (SSSR count). The summed E-state index contributed by atoms with van der Waals surface area (Å²) in [5.74, 6) is 1.27. The van der Waals surface area contributed by atoms with E-state index in [0.29, 0.717) is 23.6 Å². The van der Waals surface area contributed by atoms with Crippen molar-refractivity contribution in [3.63, 3.8) is 0 Å². The van der Waals surface area contributed by atoms with Gasteiger partial charge in [0.1, 0.15) is 5.82 Å². The molecule has 1 aliphatic heterocycles. The first-order chi connectivity index (χ1) is 10.7. The molecule has 0 amide bonds. The highest BCUT2D eigenvalue weighted by Crippen LogP contribution is 2.55. The minimum absolute atomic E-state index is 0.446. The molecule has 2 heterocycles. The molecule has 3 atom stereocenters.